The lowest BCUT2D eigenvalue weighted by molar-refractivity contribution is -0.137. The molecule has 1 aliphatic rings. The van der Waals surface area contributed by atoms with Crippen molar-refractivity contribution in [3.63, 3.8) is 0 Å². The predicted octanol–water partition coefficient (Wildman–Crippen LogP) is 4.48. The third-order valence-electron chi connectivity index (χ3n) is 4.20. The fraction of sp³-hybridized carbons (Fsp3) is 0.571. The first kappa shape index (κ1) is 13.2. The molecule has 100 valence electrons. The molecule has 2 atom stereocenters. The Kier molecular flexibility index (Phi) is 3.07. The van der Waals surface area contributed by atoms with Crippen LogP contribution in [0.5, 0.6) is 0 Å². The Hall–Kier alpha value is -1.19. The average molecular weight is 257 g/mol. The summed E-state index contributed by atoms with van der Waals surface area (Å²) in [5, 5.41) is 3.38. The summed E-state index contributed by atoms with van der Waals surface area (Å²) < 4.78 is 38.0. The van der Waals surface area contributed by atoms with Gasteiger partial charge in [0.1, 0.15) is 0 Å². The Morgan fingerprint density at radius 2 is 2.06 bits per heavy atom. The number of hydrogen-bond acceptors (Lipinski definition) is 1. The lowest BCUT2D eigenvalue weighted by Gasteiger charge is -2.42. The Labute approximate surface area is 105 Å². The summed E-state index contributed by atoms with van der Waals surface area (Å²) in [7, 11) is 0. The van der Waals surface area contributed by atoms with Gasteiger partial charge in [-0.1, -0.05) is 13.8 Å². The molecule has 1 aliphatic heterocycles. The molecule has 4 heteroatoms. The van der Waals surface area contributed by atoms with Crippen LogP contribution < -0.4 is 5.32 Å². The van der Waals surface area contributed by atoms with Gasteiger partial charge in [-0.3, -0.25) is 0 Å². The minimum absolute atomic E-state index is 0.0350. The molecule has 18 heavy (non-hydrogen) atoms. The highest BCUT2D eigenvalue weighted by atomic mass is 19.4. The van der Waals surface area contributed by atoms with Crippen LogP contribution in [0.4, 0.5) is 18.9 Å². The van der Waals surface area contributed by atoms with E-state index in [9.17, 15) is 13.2 Å². The lowest BCUT2D eigenvalue weighted by Crippen LogP contribution is -2.45. The van der Waals surface area contributed by atoms with Crippen molar-refractivity contribution in [1.29, 1.82) is 0 Å². The van der Waals surface area contributed by atoms with E-state index in [1.807, 2.05) is 0 Å². The van der Waals surface area contributed by atoms with Gasteiger partial charge in [0.15, 0.2) is 0 Å². The van der Waals surface area contributed by atoms with Crippen molar-refractivity contribution in [3.05, 3.63) is 29.3 Å². The van der Waals surface area contributed by atoms with E-state index in [4.69, 9.17) is 0 Å². The highest BCUT2D eigenvalue weighted by Crippen LogP contribution is 2.39. The number of hydrogen-bond donors (Lipinski definition) is 1. The van der Waals surface area contributed by atoms with Crippen molar-refractivity contribution in [2.24, 2.45) is 5.92 Å². The molecule has 0 spiro atoms. The second kappa shape index (κ2) is 4.18. The first-order valence-corrected chi connectivity index (χ1v) is 6.24. The largest absolute Gasteiger partial charge is 0.416 e. The van der Waals surface area contributed by atoms with Gasteiger partial charge in [0, 0.05) is 11.2 Å². The minimum Gasteiger partial charge on any atom is -0.379 e. The number of fused-ring (bicyclic) bond motifs is 1. The first-order valence-electron chi connectivity index (χ1n) is 6.24. The maximum absolute atomic E-state index is 12.7. The molecule has 1 N–H and O–H groups in total. The molecule has 0 radical (unpaired) electrons. The van der Waals surface area contributed by atoms with Gasteiger partial charge in [-0.05, 0) is 49.4 Å². The summed E-state index contributed by atoms with van der Waals surface area (Å²) in [6, 6.07) is 3.98. The van der Waals surface area contributed by atoms with Crippen molar-refractivity contribution < 1.29 is 13.2 Å². The Morgan fingerprint density at radius 3 is 2.61 bits per heavy atom. The smallest absolute Gasteiger partial charge is 0.379 e. The van der Waals surface area contributed by atoms with Crippen LogP contribution >= 0.6 is 0 Å². The van der Waals surface area contributed by atoms with Crippen LogP contribution in [-0.2, 0) is 12.6 Å². The van der Waals surface area contributed by atoms with Crippen LogP contribution in [0.1, 0.15) is 38.3 Å². The summed E-state index contributed by atoms with van der Waals surface area (Å²) >= 11 is 0. The molecule has 0 saturated carbocycles. The number of nitrogens with one attached hydrogen (secondary N) is 1. The van der Waals surface area contributed by atoms with Gasteiger partial charge < -0.3 is 5.32 Å². The first-order chi connectivity index (χ1) is 8.26. The van der Waals surface area contributed by atoms with Crippen LogP contribution in [-0.4, -0.2) is 5.54 Å². The van der Waals surface area contributed by atoms with E-state index < -0.39 is 11.7 Å². The van der Waals surface area contributed by atoms with E-state index >= 15 is 0 Å². The molecule has 0 amide bonds. The third kappa shape index (κ3) is 2.20. The zero-order valence-electron chi connectivity index (χ0n) is 10.9. The van der Waals surface area contributed by atoms with Gasteiger partial charge in [0.25, 0.3) is 0 Å². The minimum atomic E-state index is -4.26. The highest BCUT2D eigenvalue weighted by Gasteiger charge is 2.36. The number of alkyl halides is 3. The van der Waals surface area contributed by atoms with E-state index in [-0.39, 0.29) is 5.54 Å². The summed E-state index contributed by atoms with van der Waals surface area (Å²) in [5.74, 6) is 0.318. The SMILES string of the molecule is CCC1(C)Nc2ccc(C(F)(F)F)cc2CC1C. The van der Waals surface area contributed by atoms with Crippen molar-refractivity contribution in [1.82, 2.24) is 0 Å². The normalized spacial score (nSPS) is 27.6. The molecule has 1 nitrogen and oxygen atoms in total. The number of rotatable bonds is 1. The summed E-state index contributed by atoms with van der Waals surface area (Å²) in [4.78, 5) is 0. The number of halogens is 3. The fourth-order valence-electron chi connectivity index (χ4n) is 2.48. The van der Waals surface area contributed by atoms with E-state index in [0.29, 0.717) is 12.3 Å². The zero-order valence-corrected chi connectivity index (χ0v) is 10.9. The second-order valence-electron chi connectivity index (χ2n) is 5.37. The Balaban J connectivity index is 2.38. The molecule has 0 aliphatic carbocycles. The lowest BCUT2D eigenvalue weighted by atomic mass is 9.77. The molecule has 0 saturated heterocycles. The topological polar surface area (TPSA) is 12.0 Å². The third-order valence-corrected chi connectivity index (χ3v) is 4.20. The summed E-state index contributed by atoms with van der Waals surface area (Å²) in [6.45, 7) is 6.30. The molecular formula is C14H18F3N. The molecule has 1 heterocycles. The molecule has 0 fully saturated rings. The van der Waals surface area contributed by atoms with Crippen LogP contribution in [0.25, 0.3) is 0 Å². The average Bonchev–Trinajstić information content (AvgIpc) is 2.29. The highest BCUT2D eigenvalue weighted by molar-refractivity contribution is 5.57. The summed E-state index contributed by atoms with van der Waals surface area (Å²) in [6.07, 6.45) is -2.62. The Bertz CT molecular complexity index is 453. The van der Waals surface area contributed by atoms with E-state index in [0.717, 1.165) is 23.7 Å². The quantitative estimate of drug-likeness (QED) is 0.782. The molecule has 2 unspecified atom stereocenters. The van der Waals surface area contributed by atoms with E-state index in [1.165, 1.54) is 6.07 Å². The molecule has 2 rings (SSSR count). The monoisotopic (exact) mass is 257 g/mol. The molecule has 0 bridgehead atoms. The second-order valence-corrected chi connectivity index (χ2v) is 5.37. The van der Waals surface area contributed by atoms with E-state index in [1.54, 1.807) is 6.07 Å². The fourth-order valence-corrected chi connectivity index (χ4v) is 2.48. The van der Waals surface area contributed by atoms with Crippen LogP contribution in [0.15, 0.2) is 18.2 Å². The Morgan fingerprint density at radius 1 is 1.39 bits per heavy atom. The van der Waals surface area contributed by atoms with E-state index in [2.05, 4.69) is 26.1 Å². The summed E-state index contributed by atoms with van der Waals surface area (Å²) in [5.41, 5.74) is 1.01. The van der Waals surface area contributed by atoms with Gasteiger partial charge in [0.2, 0.25) is 0 Å². The van der Waals surface area contributed by atoms with Crippen LogP contribution in [0.2, 0.25) is 0 Å². The van der Waals surface area contributed by atoms with Crippen molar-refractivity contribution in [3.8, 4) is 0 Å². The molecule has 1 aromatic rings. The van der Waals surface area contributed by atoms with Crippen molar-refractivity contribution in [2.45, 2.75) is 45.3 Å². The molecule has 0 aromatic heterocycles. The predicted molar refractivity (Wildman–Crippen MR) is 66.6 cm³/mol. The van der Waals surface area contributed by atoms with Gasteiger partial charge in [-0.25, -0.2) is 0 Å². The van der Waals surface area contributed by atoms with Gasteiger partial charge in [0.05, 0.1) is 5.56 Å². The zero-order chi connectivity index (χ0) is 13.6. The molecule has 1 aromatic carbocycles. The van der Waals surface area contributed by atoms with Crippen LogP contribution in [0, 0.1) is 5.92 Å². The van der Waals surface area contributed by atoms with Gasteiger partial charge in [-0.15, -0.1) is 0 Å². The number of benzene rings is 1. The van der Waals surface area contributed by atoms with Crippen LogP contribution in [0.3, 0.4) is 0 Å². The maximum atomic E-state index is 12.7. The van der Waals surface area contributed by atoms with Gasteiger partial charge >= 0.3 is 6.18 Å². The number of anilines is 1. The van der Waals surface area contributed by atoms with Crippen molar-refractivity contribution >= 4 is 5.69 Å². The molecular weight excluding hydrogens is 239 g/mol. The van der Waals surface area contributed by atoms with Crippen molar-refractivity contribution in [2.75, 3.05) is 5.32 Å². The standard InChI is InChI=1S/C14H18F3N/c1-4-13(3)9(2)7-10-8-11(14(15,16)17)5-6-12(10)18-13/h5-6,8-9,18H,4,7H2,1-3H3. The van der Waals surface area contributed by atoms with Gasteiger partial charge in [-0.2, -0.15) is 13.2 Å². The maximum Gasteiger partial charge on any atom is 0.416 e.